The van der Waals surface area contributed by atoms with E-state index in [0.717, 1.165) is 0 Å². The Labute approximate surface area is 93.3 Å². The van der Waals surface area contributed by atoms with E-state index in [0.29, 0.717) is 22.9 Å². The predicted molar refractivity (Wildman–Crippen MR) is 63.0 cm³/mol. The lowest BCUT2D eigenvalue weighted by Crippen LogP contribution is -2.01. The lowest BCUT2D eigenvalue weighted by Gasteiger charge is -2.06. The molecule has 0 aliphatic rings. The summed E-state index contributed by atoms with van der Waals surface area (Å²) in [5, 5.41) is 0. The van der Waals surface area contributed by atoms with E-state index in [-0.39, 0.29) is 0 Å². The van der Waals surface area contributed by atoms with Crippen LogP contribution in [0.25, 0.3) is 0 Å². The minimum absolute atomic E-state index is 0.544. The Hall–Kier alpha value is -2.36. The molecule has 0 fully saturated rings. The molecule has 0 radical (unpaired) electrons. The first kappa shape index (κ1) is 10.2. The molecule has 0 aromatic heterocycles. The van der Waals surface area contributed by atoms with Crippen molar-refractivity contribution in [1.82, 2.24) is 0 Å². The third kappa shape index (κ3) is 2.57. The van der Waals surface area contributed by atoms with E-state index in [9.17, 15) is 0 Å². The van der Waals surface area contributed by atoms with Gasteiger partial charge >= 0.3 is 0 Å². The molecule has 2 rings (SSSR count). The van der Waals surface area contributed by atoms with Crippen LogP contribution in [0.2, 0.25) is 0 Å². The van der Waals surface area contributed by atoms with E-state index in [1.807, 2.05) is 0 Å². The molecule has 0 saturated carbocycles. The quantitative estimate of drug-likeness (QED) is 0.469. The van der Waals surface area contributed by atoms with Crippen molar-refractivity contribution in [2.45, 2.75) is 0 Å². The van der Waals surface area contributed by atoms with E-state index in [2.05, 4.69) is 0 Å². The fourth-order valence-electron chi connectivity index (χ4n) is 1.23. The van der Waals surface area contributed by atoms with Crippen molar-refractivity contribution >= 4 is 11.4 Å². The molecule has 4 heteroatoms. The smallest absolute Gasteiger partial charge is 0.180 e. The van der Waals surface area contributed by atoms with Crippen molar-refractivity contribution in [3.63, 3.8) is 0 Å². The molecule has 2 aromatic carbocycles. The maximum atomic E-state index is 5.60. The molecule has 0 amide bonds. The van der Waals surface area contributed by atoms with E-state index >= 15 is 0 Å². The third-order valence-electron chi connectivity index (χ3n) is 1.95. The summed E-state index contributed by atoms with van der Waals surface area (Å²) in [5.41, 5.74) is 12.4. The van der Waals surface area contributed by atoms with Crippen LogP contribution in [-0.2, 0) is 0 Å². The van der Waals surface area contributed by atoms with Gasteiger partial charge in [0.2, 0.25) is 0 Å². The maximum Gasteiger partial charge on any atom is 0.180 e. The molecule has 0 heterocycles. The number of rotatable bonds is 3. The number of hydrogen-bond donors (Lipinski definition) is 2. The highest BCUT2D eigenvalue weighted by molar-refractivity contribution is 5.44. The highest BCUT2D eigenvalue weighted by Crippen LogP contribution is 2.18. The van der Waals surface area contributed by atoms with Gasteiger partial charge in [-0.1, -0.05) is 12.1 Å². The Bertz CT molecular complexity index is 440. The monoisotopic (exact) mass is 216 g/mol. The zero-order valence-electron chi connectivity index (χ0n) is 8.59. The van der Waals surface area contributed by atoms with Crippen LogP contribution >= 0.6 is 0 Å². The van der Waals surface area contributed by atoms with Gasteiger partial charge in [0.1, 0.15) is 0 Å². The summed E-state index contributed by atoms with van der Waals surface area (Å²) in [6, 6.07) is 14.0. The van der Waals surface area contributed by atoms with Crippen molar-refractivity contribution in [1.29, 1.82) is 0 Å². The second-order valence-electron chi connectivity index (χ2n) is 3.31. The van der Waals surface area contributed by atoms with Crippen molar-refractivity contribution < 1.29 is 9.78 Å². The minimum atomic E-state index is 0.544. The van der Waals surface area contributed by atoms with E-state index < -0.39 is 0 Å². The van der Waals surface area contributed by atoms with Gasteiger partial charge in [-0.05, 0) is 24.3 Å². The molecular formula is C12H12N2O2. The molecule has 0 aliphatic carbocycles. The molecule has 0 saturated heterocycles. The van der Waals surface area contributed by atoms with Crippen LogP contribution in [0, 0.1) is 0 Å². The first-order valence-electron chi connectivity index (χ1n) is 4.79. The fraction of sp³-hybridized carbons (Fsp3) is 0. The number of anilines is 2. The predicted octanol–water partition coefficient (Wildman–Crippen LogP) is 2.22. The van der Waals surface area contributed by atoms with Gasteiger partial charge in [0.25, 0.3) is 0 Å². The third-order valence-corrected chi connectivity index (χ3v) is 1.95. The minimum Gasteiger partial charge on any atom is -0.399 e. The number of benzene rings is 2. The first-order chi connectivity index (χ1) is 7.74. The Morgan fingerprint density at radius 1 is 0.688 bits per heavy atom. The summed E-state index contributed by atoms with van der Waals surface area (Å²) in [6.45, 7) is 0. The molecule has 0 aliphatic heterocycles. The molecule has 4 N–H and O–H groups in total. The molecule has 16 heavy (non-hydrogen) atoms. The van der Waals surface area contributed by atoms with Crippen LogP contribution in [0.5, 0.6) is 11.5 Å². The number of hydrogen-bond acceptors (Lipinski definition) is 4. The fourth-order valence-corrected chi connectivity index (χ4v) is 1.23. The Balaban J connectivity index is 2.02. The van der Waals surface area contributed by atoms with Crippen LogP contribution in [-0.4, -0.2) is 0 Å². The summed E-state index contributed by atoms with van der Waals surface area (Å²) in [6.07, 6.45) is 0. The van der Waals surface area contributed by atoms with Crippen LogP contribution in [0.1, 0.15) is 0 Å². The van der Waals surface area contributed by atoms with Crippen LogP contribution in [0.15, 0.2) is 48.5 Å². The highest BCUT2D eigenvalue weighted by Gasteiger charge is 1.98. The molecule has 2 aromatic rings. The van der Waals surface area contributed by atoms with Gasteiger partial charge in [-0.25, -0.2) is 0 Å². The number of nitrogen functional groups attached to an aromatic ring is 2. The Kier molecular flexibility index (Phi) is 2.82. The molecule has 0 unspecified atom stereocenters. The topological polar surface area (TPSA) is 70.5 Å². The lowest BCUT2D eigenvalue weighted by atomic mass is 10.3. The molecule has 0 bridgehead atoms. The summed E-state index contributed by atoms with van der Waals surface area (Å²) < 4.78 is 0. The molecular weight excluding hydrogens is 204 g/mol. The van der Waals surface area contributed by atoms with E-state index in [4.69, 9.17) is 21.2 Å². The van der Waals surface area contributed by atoms with Gasteiger partial charge in [-0.15, -0.1) is 0 Å². The SMILES string of the molecule is Nc1cccc(OOc2cccc(N)c2)c1. The molecule has 0 atom stereocenters. The zero-order valence-corrected chi connectivity index (χ0v) is 8.59. The lowest BCUT2D eigenvalue weighted by molar-refractivity contribution is -0.0998. The van der Waals surface area contributed by atoms with Crippen molar-refractivity contribution in [2.24, 2.45) is 0 Å². The van der Waals surface area contributed by atoms with Gasteiger partial charge < -0.3 is 11.5 Å². The highest BCUT2D eigenvalue weighted by atomic mass is 17.2. The normalized spacial score (nSPS) is 9.75. The van der Waals surface area contributed by atoms with Gasteiger partial charge in [-0.3, -0.25) is 9.78 Å². The average Bonchev–Trinajstić information content (AvgIpc) is 2.27. The largest absolute Gasteiger partial charge is 0.399 e. The Morgan fingerprint density at radius 2 is 1.12 bits per heavy atom. The van der Waals surface area contributed by atoms with Crippen molar-refractivity contribution in [2.75, 3.05) is 11.5 Å². The van der Waals surface area contributed by atoms with Gasteiger partial charge in [0.15, 0.2) is 11.5 Å². The summed E-state index contributed by atoms with van der Waals surface area (Å²) >= 11 is 0. The van der Waals surface area contributed by atoms with Crippen LogP contribution in [0.4, 0.5) is 11.4 Å². The Morgan fingerprint density at radius 3 is 1.50 bits per heavy atom. The van der Waals surface area contributed by atoms with E-state index in [1.165, 1.54) is 0 Å². The zero-order chi connectivity index (χ0) is 11.4. The number of nitrogens with two attached hydrogens (primary N) is 2. The molecule has 82 valence electrons. The second kappa shape index (κ2) is 4.44. The standard InChI is InChI=1S/C12H12N2O2/c13-9-3-1-5-11(7-9)15-16-12-6-2-4-10(14)8-12/h1-8H,13-14H2. The summed E-state index contributed by atoms with van der Waals surface area (Å²) in [4.78, 5) is 10.2. The van der Waals surface area contributed by atoms with Gasteiger partial charge in [0.05, 0.1) is 0 Å². The second-order valence-corrected chi connectivity index (χ2v) is 3.31. The van der Waals surface area contributed by atoms with Gasteiger partial charge in [-0.2, -0.15) is 0 Å². The van der Waals surface area contributed by atoms with Crippen molar-refractivity contribution in [3.05, 3.63) is 48.5 Å². The van der Waals surface area contributed by atoms with Crippen LogP contribution in [0.3, 0.4) is 0 Å². The molecule has 4 nitrogen and oxygen atoms in total. The van der Waals surface area contributed by atoms with Crippen LogP contribution < -0.4 is 21.2 Å². The first-order valence-corrected chi connectivity index (χ1v) is 4.79. The van der Waals surface area contributed by atoms with Gasteiger partial charge in [0, 0.05) is 23.5 Å². The van der Waals surface area contributed by atoms with E-state index in [1.54, 1.807) is 48.5 Å². The molecule has 0 spiro atoms. The summed E-state index contributed by atoms with van der Waals surface area (Å²) in [7, 11) is 0. The average molecular weight is 216 g/mol. The summed E-state index contributed by atoms with van der Waals surface area (Å²) in [5.74, 6) is 1.09. The van der Waals surface area contributed by atoms with Crippen molar-refractivity contribution in [3.8, 4) is 11.5 Å². The maximum absolute atomic E-state index is 5.60.